The number of hydrogen-bond donors (Lipinski definition) is 2. The molecule has 1 fully saturated rings. The first-order chi connectivity index (χ1) is 7.27. The lowest BCUT2D eigenvalue weighted by molar-refractivity contribution is 0.141. The fraction of sp³-hybridized carbons (Fsp3) is 1.00. The molecular weight excluding hydrogens is 190 g/mol. The molecule has 0 saturated heterocycles. The third kappa shape index (κ3) is 4.49. The van der Waals surface area contributed by atoms with Crippen LogP contribution >= 0.6 is 0 Å². The highest BCUT2D eigenvalue weighted by Gasteiger charge is 2.24. The average molecular weight is 215 g/mol. The van der Waals surface area contributed by atoms with E-state index in [1.807, 2.05) is 0 Å². The Morgan fingerprint density at radius 3 is 2.53 bits per heavy atom. The second-order valence-corrected chi connectivity index (χ2v) is 4.76. The van der Waals surface area contributed by atoms with Gasteiger partial charge in [0.15, 0.2) is 0 Å². The first-order valence-electron chi connectivity index (χ1n) is 6.11. The first kappa shape index (κ1) is 12.9. The van der Waals surface area contributed by atoms with Crippen molar-refractivity contribution in [2.24, 2.45) is 11.8 Å². The molecule has 1 rings (SSSR count). The molecule has 1 aliphatic carbocycles. The predicted molar refractivity (Wildman–Crippen MR) is 61.9 cm³/mol. The van der Waals surface area contributed by atoms with Gasteiger partial charge in [-0.15, -0.1) is 0 Å². The maximum absolute atomic E-state index is 9.34. The van der Waals surface area contributed by atoms with Gasteiger partial charge in [0.1, 0.15) is 0 Å². The largest absolute Gasteiger partial charge is 0.395 e. The molecule has 0 spiro atoms. The SMILES string of the molecule is COCCNC(CO)C1CCC(C)CC1. The molecule has 90 valence electrons. The van der Waals surface area contributed by atoms with Crippen LogP contribution in [0.3, 0.4) is 0 Å². The van der Waals surface area contributed by atoms with Crippen LogP contribution in [0.4, 0.5) is 0 Å². The van der Waals surface area contributed by atoms with Crippen LogP contribution in [0.25, 0.3) is 0 Å². The van der Waals surface area contributed by atoms with Crippen LogP contribution in [0.5, 0.6) is 0 Å². The second-order valence-electron chi connectivity index (χ2n) is 4.76. The summed E-state index contributed by atoms with van der Waals surface area (Å²) in [5, 5.41) is 12.7. The summed E-state index contributed by atoms with van der Waals surface area (Å²) in [6.45, 7) is 4.14. The monoisotopic (exact) mass is 215 g/mol. The van der Waals surface area contributed by atoms with E-state index in [2.05, 4.69) is 12.2 Å². The molecule has 0 bridgehead atoms. The molecule has 0 heterocycles. The molecule has 15 heavy (non-hydrogen) atoms. The van der Waals surface area contributed by atoms with Crippen LogP contribution in [0, 0.1) is 11.8 Å². The zero-order valence-corrected chi connectivity index (χ0v) is 10.0. The molecule has 0 amide bonds. The van der Waals surface area contributed by atoms with E-state index in [-0.39, 0.29) is 12.6 Å². The molecule has 0 aromatic carbocycles. The fourth-order valence-corrected chi connectivity index (χ4v) is 2.41. The smallest absolute Gasteiger partial charge is 0.0587 e. The lowest BCUT2D eigenvalue weighted by atomic mass is 9.79. The summed E-state index contributed by atoms with van der Waals surface area (Å²) in [5.41, 5.74) is 0. The first-order valence-corrected chi connectivity index (χ1v) is 6.11. The van der Waals surface area contributed by atoms with Crippen molar-refractivity contribution in [1.29, 1.82) is 0 Å². The van der Waals surface area contributed by atoms with E-state index in [1.165, 1.54) is 25.7 Å². The van der Waals surface area contributed by atoms with Crippen LogP contribution in [0.2, 0.25) is 0 Å². The standard InChI is InChI=1S/C12H25NO2/c1-10-3-5-11(6-4-10)12(9-14)13-7-8-15-2/h10-14H,3-9H2,1-2H3. The topological polar surface area (TPSA) is 41.5 Å². The van der Waals surface area contributed by atoms with Crippen LogP contribution in [0.15, 0.2) is 0 Å². The normalized spacial score (nSPS) is 29.0. The third-order valence-electron chi connectivity index (χ3n) is 3.54. The van der Waals surface area contributed by atoms with Gasteiger partial charge in [-0.2, -0.15) is 0 Å². The van der Waals surface area contributed by atoms with Crippen molar-refractivity contribution >= 4 is 0 Å². The van der Waals surface area contributed by atoms with Crippen molar-refractivity contribution in [3.63, 3.8) is 0 Å². The molecule has 1 unspecified atom stereocenters. The second kappa shape index (κ2) is 7.20. The van der Waals surface area contributed by atoms with Crippen LogP contribution in [-0.4, -0.2) is 38.0 Å². The van der Waals surface area contributed by atoms with Gasteiger partial charge >= 0.3 is 0 Å². The number of hydrogen-bond acceptors (Lipinski definition) is 3. The maximum atomic E-state index is 9.34. The molecule has 2 N–H and O–H groups in total. The Bertz CT molecular complexity index is 156. The average Bonchev–Trinajstić information content (AvgIpc) is 2.26. The van der Waals surface area contributed by atoms with Crippen LogP contribution < -0.4 is 5.32 Å². The highest BCUT2D eigenvalue weighted by molar-refractivity contribution is 4.80. The van der Waals surface area contributed by atoms with Gasteiger partial charge < -0.3 is 15.2 Å². The highest BCUT2D eigenvalue weighted by atomic mass is 16.5. The third-order valence-corrected chi connectivity index (χ3v) is 3.54. The Balaban J connectivity index is 2.24. The van der Waals surface area contributed by atoms with Crippen molar-refractivity contribution < 1.29 is 9.84 Å². The molecule has 1 atom stereocenters. The Hall–Kier alpha value is -0.120. The van der Waals surface area contributed by atoms with Gasteiger partial charge in [0, 0.05) is 19.7 Å². The molecule has 3 nitrogen and oxygen atoms in total. The van der Waals surface area contributed by atoms with Gasteiger partial charge in [0.25, 0.3) is 0 Å². The lowest BCUT2D eigenvalue weighted by Crippen LogP contribution is -2.42. The minimum absolute atomic E-state index is 0.253. The van der Waals surface area contributed by atoms with E-state index in [0.717, 1.165) is 19.1 Å². The van der Waals surface area contributed by atoms with E-state index >= 15 is 0 Å². The summed E-state index contributed by atoms with van der Waals surface area (Å²) < 4.78 is 5.00. The Morgan fingerprint density at radius 1 is 1.33 bits per heavy atom. The lowest BCUT2D eigenvalue weighted by Gasteiger charge is -2.32. The summed E-state index contributed by atoms with van der Waals surface area (Å²) in [7, 11) is 1.71. The number of rotatable bonds is 6. The summed E-state index contributed by atoms with van der Waals surface area (Å²) in [4.78, 5) is 0. The Kier molecular flexibility index (Phi) is 6.22. The molecule has 1 saturated carbocycles. The Labute approximate surface area is 93.2 Å². The molecule has 1 aliphatic rings. The highest BCUT2D eigenvalue weighted by Crippen LogP contribution is 2.30. The van der Waals surface area contributed by atoms with Crippen molar-refractivity contribution in [2.75, 3.05) is 26.9 Å². The summed E-state index contributed by atoms with van der Waals surface area (Å²) >= 11 is 0. The van der Waals surface area contributed by atoms with E-state index in [0.29, 0.717) is 5.92 Å². The molecular formula is C12H25NO2. The van der Waals surface area contributed by atoms with Crippen molar-refractivity contribution in [1.82, 2.24) is 5.32 Å². The van der Waals surface area contributed by atoms with Crippen LogP contribution in [0.1, 0.15) is 32.6 Å². The zero-order chi connectivity index (χ0) is 11.1. The molecule has 0 radical (unpaired) electrons. The van der Waals surface area contributed by atoms with Gasteiger partial charge in [-0.1, -0.05) is 19.8 Å². The summed E-state index contributed by atoms with van der Waals surface area (Å²) in [6, 6.07) is 0.271. The van der Waals surface area contributed by atoms with Gasteiger partial charge in [-0.3, -0.25) is 0 Å². The van der Waals surface area contributed by atoms with Crippen molar-refractivity contribution in [2.45, 2.75) is 38.6 Å². The summed E-state index contributed by atoms with van der Waals surface area (Å²) in [6.07, 6.45) is 5.14. The van der Waals surface area contributed by atoms with E-state index in [9.17, 15) is 5.11 Å². The van der Waals surface area contributed by atoms with E-state index in [4.69, 9.17) is 4.74 Å². The van der Waals surface area contributed by atoms with Gasteiger partial charge in [-0.25, -0.2) is 0 Å². The molecule has 0 aromatic rings. The number of nitrogens with one attached hydrogen (secondary N) is 1. The Morgan fingerprint density at radius 2 is 2.00 bits per heavy atom. The minimum Gasteiger partial charge on any atom is -0.395 e. The molecule has 0 aliphatic heterocycles. The van der Waals surface area contributed by atoms with E-state index < -0.39 is 0 Å². The quantitative estimate of drug-likeness (QED) is 0.658. The zero-order valence-electron chi connectivity index (χ0n) is 10.0. The number of aliphatic hydroxyl groups is 1. The fourth-order valence-electron chi connectivity index (χ4n) is 2.41. The maximum Gasteiger partial charge on any atom is 0.0587 e. The minimum atomic E-state index is 0.253. The van der Waals surface area contributed by atoms with Gasteiger partial charge in [-0.05, 0) is 24.7 Å². The van der Waals surface area contributed by atoms with Gasteiger partial charge in [0.05, 0.1) is 13.2 Å². The molecule has 0 aromatic heterocycles. The summed E-state index contributed by atoms with van der Waals surface area (Å²) in [5.74, 6) is 1.53. The van der Waals surface area contributed by atoms with Crippen LogP contribution in [-0.2, 0) is 4.74 Å². The number of ether oxygens (including phenoxy) is 1. The predicted octanol–water partition coefficient (Wildman–Crippen LogP) is 1.41. The van der Waals surface area contributed by atoms with Crippen molar-refractivity contribution in [3.05, 3.63) is 0 Å². The number of aliphatic hydroxyl groups excluding tert-OH is 1. The van der Waals surface area contributed by atoms with E-state index in [1.54, 1.807) is 7.11 Å². The molecule has 3 heteroatoms. The number of methoxy groups -OCH3 is 1. The van der Waals surface area contributed by atoms with Crippen molar-refractivity contribution in [3.8, 4) is 0 Å². The van der Waals surface area contributed by atoms with Gasteiger partial charge in [0.2, 0.25) is 0 Å².